The zero-order chi connectivity index (χ0) is 26.3. The second-order valence-corrected chi connectivity index (χ2v) is 9.48. The number of nitrogens with one attached hydrogen (secondary N) is 1. The van der Waals surface area contributed by atoms with Crippen molar-refractivity contribution in [3.05, 3.63) is 83.9 Å². The van der Waals surface area contributed by atoms with Crippen molar-refractivity contribution in [1.82, 2.24) is 9.97 Å². The molecule has 1 N–H and O–H groups in total. The molecule has 0 aliphatic carbocycles. The lowest BCUT2D eigenvalue weighted by atomic mass is 10.1. The van der Waals surface area contributed by atoms with Gasteiger partial charge in [-0.3, -0.25) is 5.43 Å². The van der Waals surface area contributed by atoms with E-state index in [9.17, 15) is 0 Å². The van der Waals surface area contributed by atoms with E-state index in [0.717, 1.165) is 43.3 Å². The predicted molar refractivity (Wildman–Crippen MR) is 154 cm³/mol. The van der Waals surface area contributed by atoms with Gasteiger partial charge in [-0.1, -0.05) is 42.5 Å². The number of hydrogen-bond donors (Lipinski definition) is 1. The van der Waals surface area contributed by atoms with Gasteiger partial charge in [-0.2, -0.15) is 15.1 Å². The monoisotopic (exact) mass is 524 g/mol. The number of anilines is 3. The van der Waals surface area contributed by atoms with Gasteiger partial charge in [0.25, 0.3) is 0 Å². The Morgan fingerprint density at radius 3 is 2.33 bits per heavy atom. The van der Waals surface area contributed by atoms with Gasteiger partial charge in [0.2, 0.25) is 5.95 Å². The molecule has 4 aromatic rings. The van der Waals surface area contributed by atoms with E-state index in [1.807, 2.05) is 30.3 Å². The molecule has 9 heteroatoms. The van der Waals surface area contributed by atoms with Crippen LogP contribution >= 0.6 is 0 Å². The van der Waals surface area contributed by atoms with E-state index in [0.29, 0.717) is 44.8 Å². The summed E-state index contributed by atoms with van der Waals surface area (Å²) < 4.78 is 17.1. The lowest BCUT2D eigenvalue weighted by Gasteiger charge is -2.31. The standard InChI is InChI=1S/C30H32N6O3/c1-2-7-27-24(4-1)5-3-6-25(27)22-39-26-10-8-23(9-11-26)21-31-34-28-20-29(35-12-16-37-17-13-35)33-30(32-28)36-14-18-38-19-15-36/h1-11,20-21H,12-19,22H2,(H,32,33,34)/b31-21-. The van der Waals surface area contributed by atoms with Gasteiger partial charge >= 0.3 is 0 Å². The molecular weight excluding hydrogens is 492 g/mol. The molecule has 200 valence electrons. The first-order valence-electron chi connectivity index (χ1n) is 13.3. The Morgan fingerprint density at radius 1 is 0.821 bits per heavy atom. The molecule has 2 saturated heterocycles. The van der Waals surface area contributed by atoms with Crippen molar-refractivity contribution < 1.29 is 14.2 Å². The summed E-state index contributed by atoms with van der Waals surface area (Å²) in [7, 11) is 0. The van der Waals surface area contributed by atoms with Crippen molar-refractivity contribution in [2.24, 2.45) is 5.10 Å². The van der Waals surface area contributed by atoms with Crippen LogP contribution < -0.4 is 20.0 Å². The maximum Gasteiger partial charge on any atom is 0.229 e. The second kappa shape index (κ2) is 12.1. The minimum absolute atomic E-state index is 0.515. The number of aromatic nitrogens is 2. The van der Waals surface area contributed by atoms with Gasteiger partial charge in [-0.05, 0) is 46.2 Å². The van der Waals surface area contributed by atoms with Crippen molar-refractivity contribution in [2.45, 2.75) is 6.61 Å². The zero-order valence-corrected chi connectivity index (χ0v) is 21.8. The quantitative estimate of drug-likeness (QED) is 0.269. The number of fused-ring (bicyclic) bond motifs is 1. The van der Waals surface area contributed by atoms with E-state index in [1.165, 1.54) is 16.3 Å². The fraction of sp³-hybridized carbons (Fsp3) is 0.300. The van der Waals surface area contributed by atoms with Gasteiger partial charge in [0.15, 0.2) is 5.82 Å². The maximum atomic E-state index is 6.07. The van der Waals surface area contributed by atoms with Crippen molar-refractivity contribution >= 4 is 34.6 Å². The largest absolute Gasteiger partial charge is 0.489 e. The minimum atomic E-state index is 0.515. The Kier molecular flexibility index (Phi) is 7.79. The molecule has 2 aliphatic rings. The molecule has 39 heavy (non-hydrogen) atoms. The van der Waals surface area contributed by atoms with E-state index in [1.54, 1.807) is 6.21 Å². The summed E-state index contributed by atoms with van der Waals surface area (Å²) >= 11 is 0. The molecule has 2 aliphatic heterocycles. The molecule has 2 fully saturated rings. The fourth-order valence-corrected chi connectivity index (χ4v) is 4.74. The third-order valence-corrected chi connectivity index (χ3v) is 6.88. The average molecular weight is 525 g/mol. The van der Waals surface area contributed by atoms with Crippen LogP contribution in [0.15, 0.2) is 77.9 Å². The summed E-state index contributed by atoms with van der Waals surface area (Å²) in [6, 6.07) is 24.5. The lowest BCUT2D eigenvalue weighted by Crippen LogP contribution is -2.39. The molecule has 9 nitrogen and oxygen atoms in total. The highest BCUT2D eigenvalue weighted by Gasteiger charge is 2.19. The van der Waals surface area contributed by atoms with Crippen LogP contribution in [0.1, 0.15) is 11.1 Å². The summed E-state index contributed by atoms with van der Waals surface area (Å²) in [5, 5.41) is 6.88. The van der Waals surface area contributed by atoms with E-state index in [-0.39, 0.29) is 0 Å². The molecule has 0 unspecified atom stereocenters. The summed E-state index contributed by atoms with van der Waals surface area (Å²) in [6.07, 6.45) is 1.78. The first-order chi connectivity index (χ1) is 19.3. The number of rotatable bonds is 8. The molecule has 0 spiro atoms. The highest BCUT2D eigenvalue weighted by atomic mass is 16.5. The van der Waals surface area contributed by atoms with Crippen LogP contribution in [-0.2, 0) is 16.1 Å². The first-order valence-corrected chi connectivity index (χ1v) is 13.3. The van der Waals surface area contributed by atoms with Gasteiger partial charge in [-0.25, -0.2) is 0 Å². The predicted octanol–water partition coefficient (Wildman–Crippen LogP) is 4.33. The van der Waals surface area contributed by atoms with Crippen LogP contribution in [0.25, 0.3) is 10.8 Å². The zero-order valence-electron chi connectivity index (χ0n) is 21.8. The Bertz CT molecular complexity index is 1370. The molecule has 0 atom stereocenters. The molecule has 0 bridgehead atoms. The normalized spacial score (nSPS) is 16.1. The van der Waals surface area contributed by atoms with Gasteiger partial charge in [0.05, 0.1) is 32.6 Å². The highest BCUT2D eigenvalue weighted by molar-refractivity contribution is 5.85. The molecule has 3 heterocycles. The Hall–Kier alpha value is -4.21. The van der Waals surface area contributed by atoms with E-state index < -0.39 is 0 Å². The molecule has 1 aromatic heterocycles. The number of hydrogen-bond acceptors (Lipinski definition) is 9. The molecular formula is C30H32N6O3. The van der Waals surface area contributed by atoms with Gasteiger partial charge < -0.3 is 24.0 Å². The molecule has 0 radical (unpaired) electrons. The van der Waals surface area contributed by atoms with Crippen LogP contribution in [0.4, 0.5) is 17.6 Å². The Morgan fingerprint density at radius 2 is 1.54 bits per heavy atom. The third-order valence-electron chi connectivity index (χ3n) is 6.88. The summed E-state index contributed by atoms with van der Waals surface area (Å²) in [5.41, 5.74) is 5.22. The highest BCUT2D eigenvalue weighted by Crippen LogP contribution is 2.23. The van der Waals surface area contributed by atoms with Crippen molar-refractivity contribution in [3.8, 4) is 5.75 Å². The molecule has 0 saturated carbocycles. The minimum Gasteiger partial charge on any atom is -0.489 e. The smallest absolute Gasteiger partial charge is 0.229 e. The number of hydrazone groups is 1. The van der Waals surface area contributed by atoms with E-state index in [2.05, 4.69) is 62.8 Å². The van der Waals surface area contributed by atoms with Crippen molar-refractivity contribution in [3.63, 3.8) is 0 Å². The fourth-order valence-electron chi connectivity index (χ4n) is 4.74. The topological polar surface area (TPSA) is 84.3 Å². The van der Waals surface area contributed by atoms with Crippen molar-refractivity contribution in [1.29, 1.82) is 0 Å². The van der Waals surface area contributed by atoms with Crippen LogP contribution in [-0.4, -0.2) is 68.8 Å². The van der Waals surface area contributed by atoms with Gasteiger partial charge in [0, 0.05) is 32.2 Å². The molecule has 0 amide bonds. The van der Waals surface area contributed by atoms with E-state index in [4.69, 9.17) is 24.2 Å². The second-order valence-electron chi connectivity index (χ2n) is 9.48. The molecule has 6 rings (SSSR count). The Labute approximate surface area is 228 Å². The summed E-state index contributed by atoms with van der Waals surface area (Å²) in [4.78, 5) is 13.9. The first kappa shape index (κ1) is 25.1. The van der Waals surface area contributed by atoms with E-state index >= 15 is 0 Å². The SMILES string of the molecule is C(=N/Nc1cc(N2CCOCC2)nc(N2CCOCC2)n1)/c1ccc(OCc2cccc3ccccc23)cc1. The summed E-state index contributed by atoms with van der Waals surface area (Å²) in [6.45, 7) is 6.39. The van der Waals surface area contributed by atoms with Crippen molar-refractivity contribution in [2.75, 3.05) is 67.8 Å². The van der Waals surface area contributed by atoms with Crippen LogP contribution in [0.3, 0.4) is 0 Å². The number of ether oxygens (including phenoxy) is 3. The van der Waals surface area contributed by atoms with Gasteiger partial charge in [0.1, 0.15) is 18.2 Å². The van der Waals surface area contributed by atoms with Crippen LogP contribution in [0.5, 0.6) is 5.75 Å². The lowest BCUT2D eigenvalue weighted by molar-refractivity contribution is 0.121. The number of morpholine rings is 2. The summed E-state index contributed by atoms with van der Waals surface area (Å²) in [5.74, 6) is 3.03. The van der Waals surface area contributed by atoms with Gasteiger partial charge in [-0.15, -0.1) is 0 Å². The molecule has 3 aromatic carbocycles. The maximum absolute atomic E-state index is 6.07. The number of nitrogens with zero attached hydrogens (tertiary/aromatic N) is 5. The van der Waals surface area contributed by atoms with Crippen LogP contribution in [0, 0.1) is 0 Å². The number of benzene rings is 3. The van der Waals surface area contributed by atoms with Crippen LogP contribution in [0.2, 0.25) is 0 Å². The average Bonchev–Trinajstić information content (AvgIpc) is 3.01. The Balaban J connectivity index is 1.11. The third kappa shape index (κ3) is 6.27.